The van der Waals surface area contributed by atoms with Crippen molar-refractivity contribution in [2.45, 2.75) is 31.8 Å². The predicted octanol–water partition coefficient (Wildman–Crippen LogP) is 4.65. The van der Waals surface area contributed by atoms with Gasteiger partial charge in [-0.2, -0.15) is 5.10 Å². The largest absolute Gasteiger partial charge is 0.305 e. The third-order valence-corrected chi connectivity index (χ3v) is 6.16. The monoisotopic (exact) mass is 360 g/mol. The summed E-state index contributed by atoms with van der Waals surface area (Å²) in [5.41, 5.74) is 2.62. The third kappa shape index (κ3) is 2.83. The predicted molar refractivity (Wildman–Crippen MR) is 106 cm³/mol. The molecule has 0 aliphatic heterocycles. The number of benzene rings is 1. The Labute approximate surface area is 156 Å². The number of rotatable bonds is 4. The van der Waals surface area contributed by atoms with Gasteiger partial charge in [0.1, 0.15) is 0 Å². The summed E-state index contributed by atoms with van der Waals surface area (Å²) in [4.78, 5) is 5.84. The summed E-state index contributed by atoms with van der Waals surface area (Å²) < 4.78 is 3.36. The van der Waals surface area contributed by atoms with E-state index in [9.17, 15) is 0 Å². The zero-order chi connectivity index (χ0) is 17.3. The molecule has 4 aromatic rings. The lowest BCUT2D eigenvalue weighted by Crippen LogP contribution is -2.24. The van der Waals surface area contributed by atoms with E-state index >= 15 is 0 Å². The van der Waals surface area contributed by atoms with E-state index in [-0.39, 0.29) is 0 Å². The van der Waals surface area contributed by atoms with Crippen molar-refractivity contribution in [1.29, 1.82) is 0 Å². The van der Waals surface area contributed by atoms with Crippen LogP contribution < -0.4 is 5.32 Å². The van der Waals surface area contributed by atoms with Crippen molar-refractivity contribution in [3.8, 4) is 5.82 Å². The van der Waals surface area contributed by atoms with Crippen LogP contribution in [0.25, 0.3) is 15.9 Å². The molecule has 1 aliphatic carbocycles. The van der Waals surface area contributed by atoms with Crippen LogP contribution in [0.4, 0.5) is 0 Å². The highest BCUT2D eigenvalue weighted by Gasteiger charge is 2.24. The smallest absolute Gasteiger partial charge is 0.153 e. The molecule has 1 atom stereocenters. The number of fused-ring (bicyclic) bond motifs is 2. The average molecular weight is 360 g/mol. The van der Waals surface area contributed by atoms with Crippen molar-refractivity contribution >= 4 is 21.4 Å². The van der Waals surface area contributed by atoms with Crippen LogP contribution >= 0.6 is 11.3 Å². The second-order valence-corrected chi connectivity index (χ2v) is 7.89. The first kappa shape index (κ1) is 15.7. The summed E-state index contributed by atoms with van der Waals surface area (Å²) >= 11 is 1.88. The molecule has 1 aromatic carbocycles. The fourth-order valence-corrected chi connectivity index (χ4v) is 4.81. The van der Waals surface area contributed by atoms with Crippen molar-refractivity contribution in [1.82, 2.24) is 20.1 Å². The second kappa shape index (κ2) is 6.67. The molecule has 130 valence electrons. The lowest BCUT2D eigenvalue weighted by molar-refractivity contribution is 0.456. The summed E-state index contributed by atoms with van der Waals surface area (Å²) in [5, 5.41) is 9.72. The lowest BCUT2D eigenvalue weighted by atomic mass is 9.93. The molecule has 5 heteroatoms. The van der Waals surface area contributed by atoms with Gasteiger partial charge in [-0.25, -0.2) is 9.67 Å². The van der Waals surface area contributed by atoms with Crippen LogP contribution in [0.3, 0.4) is 0 Å². The Morgan fingerprint density at radius 3 is 2.96 bits per heavy atom. The molecule has 0 fully saturated rings. The van der Waals surface area contributed by atoms with Crippen LogP contribution in [0.1, 0.15) is 35.0 Å². The first-order valence-corrected chi connectivity index (χ1v) is 9.89. The summed E-state index contributed by atoms with van der Waals surface area (Å²) in [6, 6.07) is 17.2. The van der Waals surface area contributed by atoms with E-state index in [0.29, 0.717) is 6.04 Å². The zero-order valence-corrected chi connectivity index (χ0v) is 15.2. The van der Waals surface area contributed by atoms with Gasteiger partial charge in [-0.1, -0.05) is 24.3 Å². The van der Waals surface area contributed by atoms with Gasteiger partial charge in [-0.05, 0) is 48.9 Å². The first-order valence-electron chi connectivity index (χ1n) is 9.07. The van der Waals surface area contributed by atoms with E-state index in [1.165, 1.54) is 32.6 Å². The molecule has 1 N–H and O–H groups in total. The Hall–Kier alpha value is -2.50. The second-order valence-electron chi connectivity index (χ2n) is 6.72. The average Bonchev–Trinajstić information content (AvgIpc) is 3.31. The molecular weight excluding hydrogens is 340 g/mol. The standard InChI is InChI=1S/C21H20N4S/c1-2-9-20-15(6-1)12-16(26-20)13-23-18-7-5-8-19-17(18)14-24-25(19)21-10-3-4-11-22-21/h1-4,6,9-12,14,18,23H,5,7-8,13H2/t18-/m1/s1. The molecule has 0 spiro atoms. The van der Waals surface area contributed by atoms with E-state index in [0.717, 1.165) is 25.2 Å². The fourth-order valence-electron chi connectivity index (χ4n) is 3.79. The number of nitrogens with zero attached hydrogens (tertiary/aromatic N) is 3. The SMILES string of the molecule is c1ccc(-n2ncc3c2CCC[C@H]3NCc2cc3ccccc3s2)nc1. The summed E-state index contributed by atoms with van der Waals surface area (Å²) in [7, 11) is 0. The summed E-state index contributed by atoms with van der Waals surface area (Å²) in [6.45, 7) is 0.901. The lowest BCUT2D eigenvalue weighted by Gasteiger charge is -2.24. The summed E-state index contributed by atoms with van der Waals surface area (Å²) in [5.74, 6) is 0.902. The van der Waals surface area contributed by atoms with Crippen LogP contribution in [0, 0.1) is 0 Å². The third-order valence-electron chi connectivity index (χ3n) is 5.05. The Balaban J connectivity index is 1.38. The van der Waals surface area contributed by atoms with Gasteiger partial charge in [-0.3, -0.25) is 0 Å². The Kier molecular flexibility index (Phi) is 4.03. The van der Waals surface area contributed by atoms with Gasteiger partial charge in [0.2, 0.25) is 0 Å². The number of hydrogen-bond acceptors (Lipinski definition) is 4. The number of hydrogen-bond donors (Lipinski definition) is 1. The maximum atomic E-state index is 4.62. The molecule has 5 rings (SSSR count). The Morgan fingerprint density at radius 2 is 2.08 bits per heavy atom. The van der Waals surface area contributed by atoms with Crippen molar-refractivity contribution < 1.29 is 0 Å². The fraction of sp³-hybridized carbons (Fsp3) is 0.238. The van der Waals surface area contributed by atoms with Gasteiger partial charge in [0.15, 0.2) is 5.82 Å². The minimum atomic E-state index is 0.362. The topological polar surface area (TPSA) is 42.7 Å². The van der Waals surface area contributed by atoms with Crippen LogP contribution in [-0.2, 0) is 13.0 Å². The molecule has 3 heterocycles. The van der Waals surface area contributed by atoms with Gasteiger partial charge in [0.05, 0.1) is 11.9 Å². The van der Waals surface area contributed by atoms with Gasteiger partial charge >= 0.3 is 0 Å². The normalized spacial score (nSPS) is 16.7. The highest BCUT2D eigenvalue weighted by molar-refractivity contribution is 7.19. The number of nitrogens with one attached hydrogen (secondary N) is 1. The molecule has 1 aliphatic rings. The van der Waals surface area contributed by atoms with Crippen molar-refractivity contribution in [3.05, 3.63) is 77.1 Å². The van der Waals surface area contributed by atoms with Gasteiger partial charge in [0.25, 0.3) is 0 Å². The molecule has 26 heavy (non-hydrogen) atoms. The van der Waals surface area contributed by atoms with Crippen molar-refractivity contribution in [3.63, 3.8) is 0 Å². The van der Waals surface area contributed by atoms with E-state index in [4.69, 9.17) is 0 Å². The maximum absolute atomic E-state index is 4.62. The maximum Gasteiger partial charge on any atom is 0.153 e. The quantitative estimate of drug-likeness (QED) is 0.576. The Bertz CT molecular complexity index is 1000. The van der Waals surface area contributed by atoms with Crippen LogP contribution in [0.15, 0.2) is 60.9 Å². The van der Waals surface area contributed by atoms with Crippen LogP contribution in [-0.4, -0.2) is 14.8 Å². The van der Waals surface area contributed by atoms with Gasteiger partial charge in [-0.15, -0.1) is 11.3 Å². The number of aromatic nitrogens is 3. The van der Waals surface area contributed by atoms with Gasteiger partial charge in [0, 0.05) is 33.9 Å². The van der Waals surface area contributed by atoms with E-state index < -0.39 is 0 Å². The molecular formula is C21H20N4S. The number of thiophene rings is 1. The van der Waals surface area contributed by atoms with E-state index in [1.54, 1.807) is 0 Å². The van der Waals surface area contributed by atoms with Crippen LogP contribution in [0.2, 0.25) is 0 Å². The van der Waals surface area contributed by atoms with Crippen molar-refractivity contribution in [2.24, 2.45) is 0 Å². The molecule has 0 unspecified atom stereocenters. The highest BCUT2D eigenvalue weighted by Crippen LogP contribution is 2.32. The minimum absolute atomic E-state index is 0.362. The highest BCUT2D eigenvalue weighted by atomic mass is 32.1. The van der Waals surface area contributed by atoms with Gasteiger partial charge < -0.3 is 5.32 Å². The molecule has 0 saturated carbocycles. The van der Waals surface area contributed by atoms with Crippen molar-refractivity contribution in [2.75, 3.05) is 0 Å². The molecule has 0 saturated heterocycles. The Morgan fingerprint density at radius 1 is 1.15 bits per heavy atom. The summed E-state index contributed by atoms with van der Waals surface area (Å²) in [6.07, 6.45) is 7.24. The molecule has 0 bridgehead atoms. The number of pyridine rings is 1. The zero-order valence-electron chi connectivity index (χ0n) is 14.4. The van der Waals surface area contributed by atoms with Crippen LogP contribution in [0.5, 0.6) is 0 Å². The van der Waals surface area contributed by atoms with E-state index in [1.807, 2.05) is 46.6 Å². The molecule has 3 aromatic heterocycles. The van der Waals surface area contributed by atoms with E-state index in [2.05, 4.69) is 45.7 Å². The molecule has 4 nitrogen and oxygen atoms in total. The first-order chi connectivity index (χ1) is 12.9. The molecule has 0 radical (unpaired) electrons. The minimum Gasteiger partial charge on any atom is -0.305 e. The molecule has 0 amide bonds.